The van der Waals surface area contributed by atoms with Crippen molar-refractivity contribution in [3.8, 4) is 23.3 Å². The molecular weight excluding hydrogens is 226 g/mol. The number of aromatic hydroxyl groups is 1. The van der Waals surface area contributed by atoms with Crippen molar-refractivity contribution in [1.29, 1.82) is 5.26 Å². The molecule has 0 unspecified atom stereocenters. The first-order valence-electron chi connectivity index (χ1n) is 4.63. The van der Waals surface area contributed by atoms with Gasteiger partial charge in [-0.05, 0) is 12.1 Å². The van der Waals surface area contributed by atoms with Crippen molar-refractivity contribution < 1.29 is 24.1 Å². The van der Waals surface area contributed by atoms with Gasteiger partial charge in [0.2, 0.25) is 5.75 Å². The molecule has 0 amide bonds. The summed E-state index contributed by atoms with van der Waals surface area (Å²) < 4.78 is 14.4. The van der Waals surface area contributed by atoms with Crippen LogP contribution < -0.4 is 9.47 Å². The Morgan fingerprint density at radius 3 is 2.71 bits per heavy atom. The summed E-state index contributed by atoms with van der Waals surface area (Å²) >= 11 is 0. The molecule has 17 heavy (non-hydrogen) atoms. The maximum Gasteiger partial charge on any atom is 0.341 e. The number of methoxy groups -OCH3 is 2. The van der Waals surface area contributed by atoms with Gasteiger partial charge in [-0.25, -0.2) is 4.79 Å². The van der Waals surface area contributed by atoms with Crippen molar-refractivity contribution in [3.05, 3.63) is 17.7 Å². The van der Waals surface area contributed by atoms with E-state index in [4.69, 9.17) is 14.7 Å². The molecule has 0 atom stereocenters. The molecule has 0 aromatic heterocycles. The fourth-order valence-corrected chi connectivity index (χ4v) is 1.26. The lowest BCUT2D eigenvalue weighted by Crippen LogP contribution is -2.05. The second-order valence-electron chi connectivity index (χ2n) is 2.93. The van der Waals surface area contributed by atoms with E-state index in [-0.39, 0.29) is 29.4 Å². The highest BCUT2D eigenvalue weighted by Gasteiger charge is 2.19. The number of carbonyl (C=O) groups is 1. The van der Waals surface area contributed by atoms with Crippen molar-refractivity contribution in [1.82, 2.24) is 0 Å². The van der Waals surface area contributed by atoms with Crippen LogP contribution in [0, 0.1) is 11.3 Å². The average molecular weight is 237 g/mol. The number of hydrogen-bond donors (Lipinski definition) is 1. The van der Waals surface area contributed by atoms with Gasteiger partial charge >= 0.3 is 5.97 Å². The summed E-state index contributed by atoms with van der Waals surface area (Å²) in [5.74, 6) is -0.960. The Bertz CT molecular complexity index is 464. The molecule has 0 aliphatic heterocycles. The van der Waals surface area contributed by atoms with Crippen LogP contribution in [-0.2, 0) is 4.74 Å². The number of phenols is 1. The van der Waals surface area contributed by atoms with Crippen molar-refractivity contribution in [2.75, 3.05) is 20.8 Å². The smallest absolute Gasteiger partial charge is 0.341 e. The van der Waals surface area contributed by atoms with Crippen LogP contribution in [0.3, 0.4) is 0 Å². The third-order valence-electron chi connectivity index (χ3n) is 2.00. The largest absolute Gasteiger partial charge is 0.502 e. The van der Waals surface area contributed by atoms with Crippen molar-refractivity contribution in [3.63, 3.8) is 0 Å². The molecule has 1 N–H and O–H groups in total. The van der Waals surface area contributed by atoms with Crippen LogP contribution in [0.25, 0.3) is 0 Å². The second-order valence-corrected chi connectivity index (χ2v) is 2.93. The van der Waals surface area contributed by atoms with Gasteiger partial charge in [-0.3, -0.25) is 0 Å². The van der Waals surface area contributed by atoms with Gasteiger partial charge in [0.1, 0.15) is 11.6 Å². The number of nitrogens with zero attached hydrogens (tertiary/aromatic N) is 1. The predicted molar refractivity (Wildman–Crippen MR) is 57.1 cm³/mol. The minimum Gasteiger partial charge on any atom is -0.502 e. The van der Waals surface area contributed by atoms with E-state index in [1.54, 1.807) is 6.07 Å². The number of phenolic OH excluding ortho intramolecular Hbond substituents is 1. The highest BCUT2D eigenvalue weighted by Crippen LogP contribution is 2.39. The first-order valence-corrected chi connectivity index (χ1v) is 4.63. The molecular formula is C11H11NO5. The zero-order valence-electron chi connectivity index (χ0n) is 9.39. The number of nitriles is 1. The predicted octanol–water partition coefficient (Wildman–Crippen LogP) is 1.09. The molecule has 1 aromatic rings. The van der Waals surface area contributed by atoms with E-state index in [1.165, 1.54) is 26.4 Å². The third-order valence-corrected chi connectivity index (χ3v) is 2.00. The van der Waals surface area contributed by atoms with Crippen LogP contribution >= 0.6 is 0 Å². The Kier molecular flexibility index (Phi) is 4.17. The minimum atomic E-state index is -0.635. The summed E-state index contributed by atoms with van der Waals surface area (Å²) in [4.78, 5) is 11.4. The summed E-state index contributed by atoms with van der Waals surface area (Å²) in [5, 5.41) is 18.1. The third kappa shape index (κ3) is 2.58. The van der Waals surface area contributed by atoms with Gasteiger partial charge in [0.15, 0.2) is 18.1 Å². The van der Waals surface area contributed by atoms with E-state index in [2.05, 4.69) is 4.74 Å². The standard InChI is InChI=1S/C11H11NO5/c1-15-10-7(11(14)16-2)3-4-8(9(10)13)17-6-5-12/h3-4,13H,6H2,1-2H3. The number of ether oxygens (including phenoxy) is 3. The summed E-state index contributed by atoms with van der Waals surface area (Å²) in [6.45, 7) is -0.214. The monoisotopic (exact) mass is 237 g/mol. The molecule has 0 saturated carbocycles. The van der Waals surface area contributed by atoms with Gasteiger partial charge in [0.25, 0.3) is 0 Å². The minimum absolute atomic E-state index is 0.0488. The SMILES string of the molecule is COC(=O)c1ccc(OCC#N)c(O)c1OC. The summed E-state index contributed by atoms with van der Waals surface area (Å²) in [6, 6.07) is 4.51. The molecule has 0 bridgehead atoms. The van der Waals surface area contributed by atoms with Gasteiger partial charge < -0.3 is 19.3 Å². The number of carbonyl (C=O) groups excluding carboxylic acids is 1. The summed E-state index contributed by atoms with van der Waals surface area (Å²) in [7, 11) is 2.52. The number of benzene rings is 1. The highest BCUT2D eigenvalue weighted by molar-refractivity contribution is 5.94. The average Bonchev–Trinajstić information content (AvgIpc) is 2.36. The normalized spacial score (nSPS) is 9.24. The molecule has 0 aliphatic rings. The molecule has 0 spiro atoms. The van der Waals surface area contributed by atoms with Crippen molar-refractivity contribution >= 4 is 5.97 Å². The molecule has 1 aromatic carbocycles. The fourth-order valence-electron chi connectivity index (χ4n) is 1.26. The van der Waals surface area contributed by atoms with Gasteiger partial charge in [0, 0.05) is 0 Å². The van der Waals surface area contributed by atoms with Crippen LogP contribution in [0.2, 0.25) is 0 Å². The zero-order valence-corrected chi connectivity index (χ0v) is 9.39. The molecule has 0 saturated heterocycles. The lowest BCUT2D eigenvalue weighted by atomic mass is 10.1. The number of hydrogen-bond acceptors (Lipinski definition) is 6. The van der Waals surface area contributed by atoms with Gasteiger partial charge in [0.05, 0.1) is 14.2 Å². The second kappa shape index (κ2) is 5.61. The van der Waals surface area contributed by atoms with Crippen molar-refractivity contribution in [2.45, 2.75) is 0 Å². The first-order chi connectivity index (χ1) is 8.15. The molecule has 0 heterocycles. The Morgan fingerprint density at radius 1 is 1.47 bits per heavy atom. The lowest BCUT2D eigenvalue weighted by Gasteiger charge is -2.11. The van der Waals surface area contributed by atoms with Gasteiger partial charge in [-0.15, -0.1) is 0 Å². The Hall–Kier alpha value is -2.42. The molecule has 1 rings (SSSR count). The molecule has 0 radical (unpaired) electrons. The fraction of sp³-hybridized carbons (Fsp3) is 0.273. The highest BCUT2D eigenvalue weighted by atomic mass is 16.5. The first kappa shape index (κ1) is 12.6. The van der Waals surface area contributed by atoms with Gasteiger partial charge in [-0.2, -0.15) is 5.26 Å². The zero-order chi connectivity index (χ0) is 12.8. The van der Waals surface area contributed by atoms with E-state index in [9.17, 15) is 9.90 Å². The summed E-state index contributed by atoms with van der Waals surface area (Å²) in [6.07, 6.45) is 0. The van der Waals surface area contributed by atoms with Gasteiger partial charge in [-0.1, -0.05) is 0 Å². The maximum absolute atomic E-state index is 11.4. The Balaban J connectivity index is 3.18. The van der Waals surface area contributed by atoms with Crippen LogP contribution in [0.5, 0.6) is 17.2 Å². The molecule has 6 heteroatoms. The van der Waals surface area contributed by atoms with Crippen LogP contribution in [-0.4, -0.2) is 31.9 Å². The van der Waals surface area contributed by atoms with Crippen molar-refractivity contribution in [2.24, 2.45) is 0 Å². The Morgan fingerprint density at radius 2 is 2.18 bits per heavy atom. The summed E-state index contributed by atoms with van der Waals surface area (Å²) in [5.41, 5.74) is 0.0804. The topological polar surface area (TPSA) is 88.8 Å². The number of rotatable bonds is 4. The van der Waals surface area contributed by atoms with Crippen LogP contribution in [0.15, 0.2) is 12.1 Å². The van der Waals surface area contributed by atoms with E-state index < -0.39 is 5.97 Å². The van der Waals surface area contributed by atoms with E-state index in [1.807, 2.05) is 0 Å². The van der Waals surface area contributed by atoms with E-state index in [0.717, 1.165) is 0 Å². The number of esters is 1. The lowest BCUT2D eigenvalue weighted by molar-refractivity contribution is 0.0596. The molecule has 0 aliphatic carbocycles. The van der Waals surface area contributed by atoms with Crippen LogP contribution in [0.4, 0.5) is 0 Å². The quantitative estimate of drug-likeness (QED) is 0.788. The van der Waals surface area contributed by atoms with Crippen LogP contribution in [0.1, 0.15) is 10.4 Å². The molecule has 90 valence electrons. The van der Waals surface area contributed by atoms with E-state index >= 15 is 0 Å². The Labute approximate surface area is 97.9 Å². The molecule has 6 nitrogen and oxygen atoms in total. The van der Waals surface area contributed by atoms with E-state index in [0.29, 0.717) is 0 Å². The molecule has 0 fully saturated rings. The maximum atomic E-state index is 11.4.